The molecule has 0 saturated carbocycles. The molecule has 4 nitrogen and oxygen atoms in total. The molecule has 0 unspecified atom stereocenters. The Kier molecular flexibility index (Phi) is 4.29. The van der Waals surface area contributed by atoms with Gasteiger partial charge in [0.15, 0.2) is 0 Å². The van der Waals surface area contributed by atoms with Gasteiger partial charge in [-0.05, 0) is 62.1 Å². The largest absolute Gasteiger partial charge is 0.508 e. The number of phenols is 1. The number of nitrogens with zero attached hydrogens (tertiary/aromatic N) is 1. The van der Waals surface area contributed by atoms with Gasteiger partial charge in [-0.1, -0.05) is 18.2 Å². The van der Waals surface area contributed by atoms with Crippen LogP contribution in [0.25, 0.3) is 0 Å². The van der Waals surface area contributed by atoms with Crippen LogP contribution in [0.15, 0.2) is 42.0 Å². The number of carbonyl (C=O) groups is 1. The Bertz CT molecular complexity index is 883. The normalized spacial score (nSPS) is 18.4. The summed E-state index contributed by atoms with van der Waals surface area (Å²) >= 11 is 0. The average Bonchev–Trinajstić information content (AvgIpc) is 2.58. The van der Waals surface area contributed by atoms with Crippen molar-refractivity contribution in [2.45, 2.75) is 33.7 Å². The number of β-lactam (4-membered cyclic amide) rings is 1. The van der Waals surface area contributed by atoms with Gasteiger partial charge < -0.3 is 9.84 Å². The number of rotatable bonds is 3. The van der Waals surface area contributed by atoms with Crippen molar-refractivity contribution in [2.75, 3.05) is 12.0 Å². The maximum absolute atomic E-state index is 12.7. The lowest BCUT2D eigenvalue weighted by Gasteiger charge is -2.43. The molecule has 1 aliphatic rings. The molecular formula is C21H23NO3. The SMILES string of the molecule is C/C=C1\C(=O)N(c2cc(C)c(C)c(OC)c2)[C@H]1c1ccc(C)c(O)c1. The van der Waals surface area contributed by atoms with Gasteiger partial charge in [-0.15, -0.1) is 0 Å². The molecule has 0 spiro atoms. The molecule has 1 atom stereocenters. The Morgan fingerprint density at radius 1 is 1.12 bits per heavy atom. The molecule has 1 N–H and O–H groups in total. The highest BCUT2D eigenvalue weighted by atomic mass is 16.5. The highest BCUT2D eigenvalue weighted by molar-refractivity contribution is 6.15. The van der Waals surface area contributed by atoms with E-state index in [2.05, 4.69) is 0 Å². The van der Waals surface area contributed by atoms with Gasteiger partial charge in [0.25, 0.3) is 5.91 Å². The van der Waals surface area contributed by atoms with Crippen molar-refractivity contribution in [3.05, 3.63) is 64.2 Å². The number of ether oxygens (including phenoxy) is 1. The van der Waals surface area contributed by atoms with Crippen molar-refractivity contribution in [2.24, 2.45) is 0 Å². The van der Waals surface area contributed by atoms with E-state index < -0.39 is 0 Å². The predicted octanol–water partition coefficient (Wildman–Crippen LogP) is 4.36. The quantitative estimate of drug-likeness (QED) is 0.669. The van der Waals surface area contributed by atoms with E-state index in [4.69, 9.17) is 4.74 Å². The fourth-order valence-electron chi connectivity index (χ4n) is 3.28. The van der Waals surface area contributed by atoms with Crippen LogP contribution in [0.4, 0.5) is 5.69 Å². The number of aryl methyl sites for hydroxylation is 2. The second-order valence-corrected chi connectivity index (χ2v) is 6.46. The van der Waals surface area contributed by atoms with Crippen LogP contribution in [0, 0.1) is 20.8 Å². The van der Waals surface area contributed by atoms with E-state index in [-0.39, 0.29) is 17.7 Å². The van der Waals surface area contributed by atoms with Crippen LogP contribution in [0.1, 0.15) is 35.2 Å². The zero-order chi connectivity index (χ0) is 18.3. The summed E-state index contributed by atoms with van der Waals surface area (Å²) in [6.07, 6.45) is 1.85. The lowest BCUT2D eigenvalue weighted by Crippen LogP contribution is -2.49. The fourth-order valence-corrected chi connectivity index (χ4v) is 3.28. The van der Waals surface area contributed by atoms with Crippen molar-refractivity contribution in [1.82, 2.24) is 0 Å². The number of benzene rings is 2. The Morgan fingerprint density at radius 2 is 1.84 bits per heavy atom. The summed E-state index contributed by atoms with van der Waals surface area (Å²) < 4.78 is 5.46. The highest BCUT2D eigenvalue weighted by Crippen LogP contribution is 2.45. The molecule has 0 aliphatic carbocycles. The monoisotopic (exact) mass is 337 g/mol. The van der Waals surface area contributed by atoms with Gasteiger partial charge in [0, 0.05) is 17.3 Å². The number of anilines is 1. The molecular weight excluding hydrogens is 314 g/mol. The molecule has 4 heteroatoms. The van der Waals surface area contributed by atoms with Crippen LogP contribution in [0.2, 0.25) is 0 Å². The number of carbonyl (C=O) groups excluding carboxylic acids is 1. The van der Waals surface area contributed by atoms with E-state index in [0.717, 1.165) is 39.3 Å². The third-order valence-corrected chi connectivity index (χ3v) is 4.98. The summed E-state index contributed by atoms with van der Waals surface area (Å²) in [6, 6.07) is 9.27. The Labute approximate surface area is 148 Å². The number of allylic oxidation sites excluding steroid dienone is 1. The first-order valence-electron chi connectivity index (χ1n) is 8.33. The zero-order valence-electron chi connectivity index (χ0n) is 15.3. The van der Waals surface area contributed by atoms with Crippen LogP contribution in [-0.4, -0.2) is 18.1 Å². The molecule has 2 aromatic rings. The standard InChI is InChI=1S/C21H23NO3/c1-6-17-20(15-8-7-12(2)18(23)10-15)22(21(17)24)16-9-13(3)14(4)19(11-16)25-5/h6-11,20,23H,1-5H3/b17-6-/t20-/m0/s1. The summed E-state index contributed by atoms with van der Waals surface area (Å²) in [5, 5.41) is 10.1. The first-order chi connectivity index (χ1) is 11.9. The van der Waals surface area contributed by atoms with Crippen molar-refractivity contribution in [1.29, 1.82) is 0 Å². The first-order valence-corrected chi connectivity index (χ1v) is 8.33. The summed E-state index contributed by atoms with van der Waals surface area (Å²) in [4.78, 5) is 14.4. The van der Waals surface area contributed by atoms with Crippen molar-refractivity contribution in [3.8, 4) is 11.5 Å². The third-order valence-electron chi connectivity index (χ3n) is 4.98. The Hall–Kier alpha value is -2.75. The second-order valence-electron chi connectivity index (χ2n) is 6.46. The molecule has 3 rings (SSSR count). The minimum Gasteiger partial charge on any atom is -0.508 e. The number of hydrogen-bond acceptors (Lipinski definition) is 3. The molecule has 0 radical (unpaired) electrons. The predicted molar refractivity (Wildman–Crippen MR) is 99.3 cm³/mol. The molecule has 2 aromatic carbocycles. The van der Waals surface area contributed by atoms with E-state index in [1.54, 1.807) is 18.1 Å². The van der Waals surface area contributed by atoms with E-state index in [1.807, 2.05) is 58.0 Å². The van der Waals surface area contributed by atoms with E-state index >= 15 is 0 Å². The second kappa shape index (κ2) is 6.28. The van der Waals surface area contributed by atoms with Crippen molar-refractivity contribution >= 4 is 11.6 Å². The molecule has 130 valence electrons. The average molecular weight is 337 g/mol. The summed E-state index contributed by atoms with van der Waals surface area (Å²) in [6.45, 7) is 7.73. The van der Waals surface area contributed by atoms with Gasteiger partial charge in [0.1, 0.15) is 11.5 Å². The van der Waals surface area contributed by atoms with Crippen LogP contribution in [0.5, 0.6) is 11.5 Å². The maximum atomic E-state index is 12.7. The molecule has 25 heavy (non-hydrogen) atoms. The van der Waals surface area contributed by atoms with E-state index in [0.29, 0.717) is 0 Å². The van der Waals surface area contributed by atoms with Crippen LogP contribution in [-0.2, 0) is 4.79 Å². The zero-order valence-corrected chi connectivity index (χ0v) is 15.3. The number of aromatic hydroxyl groups is 1. The number of amides is 1. The molecule has 1 aliphatic heterocycles. The topological polar surface area (TPSA) is 49.8 Å². The van der Waals surface area contributed by atoms with Gasteiger partial charge in [0.2, 0.25) is 0 Å². The fraction of sp³-hybridized carbons (Fsp3) is 0.286. The van der Waals surface area contributed by atoms with E-state index in [1.165, 1.54) is 0 Å². The Morgan fingerprint density at radius 3 is 2.44 bits per heavy atom. The summed E-state index contributed by atoms with van der Waals surface area (Å²) in [5.41, 5.74) is 5.39. The van der Waals surface area contributed by atoms with Gasteiger partial charge in [-0.25, -0.2) is 0 Å². The molecule has 1 amide bonds. The molecule has 1 saturated heterocycles. The molecule has 0 aromatic heterocycles. The molecule has 1 heterocycles. The maximum Gasteiger partial charge on any atom is 0.257 e. The molecule has 0 bridgehead atoms. The van der Waals surface area contributed by atoms with Gasteiger partial charge in [-0.3, -0.25) is 9.69 Å². The third kappa shape index (κ3) is 2.68. The van der Waals surface area contributed by atoms with Crippen LogP contribution < -0.4 is 9.64 Å². The minimum absolute atomic E-state index is 0.0159. The van der Waals surface area contributed by atoms with Gasteiger partial charge in [0.05, 0.1) is 13.2 Å². The van der Waals surface area contributed by atoms with Gasteiger partial charge in [-0.2, -0.15) is 0 Å². The highest BCUT2D eigenvalue weighted by Gasteiger charge is 2.43. The number of phenolic OH excluding ortho intramolecular Hbond substituents is 1. The van der Waals surface area contributed by atoms with E-state index in [9.17, 15) is 9.90 Å². The number of methoxy groups -OCH3 is 1. The molecule has 1 fully saturated rings. The lowest BCUT2D eigenvalue weighted by molar-refractivity contribution is -0.119. The lowest BCUT2D eigenvalue weighted by atomic mass is 9.86. The smallest absolute Gasteiger partial charge is 0.257 e. The van der Waals surface area contributed by atoms with Crippen molar-refractivity contribution in [3.63, 3.8) is 0 Å². The minimum atomic E-state index is -0.198. The summed E-state index contributed by atoms with van der Waals surface area (Å²) in [7, 11) is 1.64. The summed E-state index contributed by atoms with van der Waals surface area (Å²) in [5.74, 6) is 0.991. The Balaban J connectivity index is 2.10. The van der Waals surface area contributed by atoms with Crippen molar-refractivity contribution < 1.29 is 14.6 Å². The van der Waals surface area contributed by atoms with Gasteiger partial charge >= 0.3 is 0 Å². The first kappa shape index (κ1) is 17.1. The van der Waals surface area contributed by atoms with Crippen LogP contribution in [0.3, 0.4) is 0 Å². The number of hydrogen-bond donors (Lipinski definition) is 1. The van der Waals surface area contributed by atoms with Crippen LogP contribution >= 0.6 is 0 Å².